The van der Waals surface area contributed by atoms with Crippen LogP contribution in [-0.2, 0) is 14.8 Å². The molecule has 1 amide bonds. The Morgan fingerprint density at radius 2 is 1.73 bits per heavy atom. The van der Waals surface area contributed by atoms with Crippen molar-refractivity contribution >= 4 is 15.9 Å². The molecule has 0 unspecified atom stereocenters. The van der Waals surface area contributed by atoms with Gasteiger partial charge in [-0.15, -0.1) is 0 Å². The SMILES string of the molecule is COCCNS(=O)(=O)c1ccc(C(=O)NC[C@@H](c2ccccc2)N2CCCC2)cc1. The number of carbonyl (C=O) groups excluding carboxylic acids is 1. The highest BCUT2D eigenvalue weighted by Gasteiger charge is 2.24. The van der Waals surface area contributed by atoms with Crippen LogP contribution in [0.2, 0.25) is 0 Å². The van der Waals surface area contributed by atoms with E-state index in [2.05, 4.69) is 27.1 Å². The summed E-state index contributed by atoms with van der Waals surface area (Å²) >= 11 is 0. The van der Waals surface area contributed by atoms with Crippen molar-refractivity contribution < 1.29 is 17.9 Å². The first kappa shape index (κ1) is 22.4. The van der Waals surface area contributed by atoms with Gasteiger partial charge in [-0.25, -0.2) is 13.1 Å². The minimum atomic E-state index is -3.62. The third-order valence-corrected chi connectivity index (χ3v) is 6.72. The second-order valence-electron chi connectivity index (χ2n) is 7.29. The van der Waals surface area contributed by atoms with Crippen LogP contribution in [0.15, 0.2) is 59.5 Å². The Kier molecular flexibility index (Phi) is 7.98. The zero-order valence-corrected chi connectivity index (χ0v) is 18.0. The Labute approximate surface area is 178 Å². The second-order valence-corrected chi connectivity index (χ2v) is 9.06. The van der Waals surface area contributed by atoms with Gasteiger partial charge in [-0.3, -0.25) is 9.69 Å². The molecule has 162 valence electrons. The first-order valence-electron chi connectivity index (χ1n) is 10.2. The van der Waals surface area contributed by atoms with Crippen LogP contribution in [0, 0.1) is 0 Å². The van der Waals surface area contributed by atoms with Gasteiger partial charge in [0.2, 0.25) is 10.0 Å². The molecule has 1 fully saturated rings. The van der Waals surface area contributed by atoms with Gasteiger partial charge in [0.25, 0.3) is 5.91 Å². The summed E-state index contributed by atoms with van der Waals surface area (Å²) in [5, 5.41) is 3.01. The number of nitrogens with one attached hydrogen (secondary N) is 2. The zero-order valence-electron chi connectivity index (χ0n) is 17.2. The maximum atomic E-state index is 12.7. The highest BCUT2D eigenvalue weighted by atomic mass is 32.2. The van der Waals surface area contributed by atoms with Gasteiger partial charge in [-0.2, -0.15) is 0 Å². The summed E-state index contributed by atoms with van der Waals surface area (Å²) in [7, 11) is -2.11. The number of hydrogen-bond acceptors (Lipinski definition) is 5. The summed E-state index contributed by atoms with van der Waals surface area (Å²) in [5.41, 5.74) is 1.61. The van der Waals surface area contributed by atoms with Gasteiger partial charge in [0.15, 0.2) is 0 Å². The van der Waals surface area contributed by atoms with Gasteiger partial charge in [-0.05, 0) is 55.8 Å². The molecule has 2 aromatic rings. The number of methoxy groups -OCH3 is 1. The van der Waals surface area contributed by atoms with Gasteiger partial charge in [0.1, 0.15) is 0 Å². The molecule has 0 saturated carbocycles. The molecule has 3 rings (SSSR count). The summed E-state index contributed by atoms with van der Waals surface area (Å²) in [6, 6.07) is 16.3. The molecule has 2 aromatic carbocycles. The number of benzene rings is 2. The monoisotopic (exact) mass is 431 g/mol. The van der Waals surface area contributed by atoms with E-state index in [1.165, 1.54) is 49.8 Å². The van der Waals surface area contributed by atoms with Crippen LogP contribution in [0.1, 0.15) is 34.8 Å². The maximum absolute atomic E-state index is 12.7. The van der Waals surface area contributed by atoms with Crippen molar-refractivity contribution in [3.8, 4) is 0 Å². The molecule has 0 radical (unpaired) electrons. The van der Waals surface area contributed by atoms with Crippen molar-refractivity contribution in [2.24, 2.45) is 0 Å². The average molecular weight is 432 g/mol. The Morgan fingerprint density at radius 3 is 2.37 bits per heavy atom. The Morgan fingerprint density at radius 1 is 1.07 bits per heavy atom. The molecular formula is C22H29N3O4S. The number of rotatable bonds is 10. The molecule has 1 saturated heterocycles. The van der Waals surface area contributed by atoms with Gasteiger partial charge < -0.3 is 10.1 Å². The van der Waals surface area contributed by atoms with Crippen LogP contribution >= 0.6 is 0 Å². The highest BCUT2D eigenvalue weighted by molar-refractivity contribution is 7.89. The lowest BCUT2D eigenvalue weighted by molar-refractivity contribution is 0.0938. The van der Waals surface area contributed by atoms with Gasteiger partial charge in [0.05, 0.1) is 17.5 Å². The van der Waals surface area contributed by atoms with E-state index in [-0.39, 0.29) is 23.4 Å². The van der Waals surface area contributed by atoms with E-state index in [4.69, 9.17) is 4.74 Å². The molecule has 2 N–H and O–H groups in total. The Balaban J connectivity index is 1.63. The number of carbonyl (C=O) groups is 1. The molecule has 1 aliphatic heterocycles. The van der Waals surface area contributed by atoms with E-state index in [0.29, 0.717) is 18.7 Å². The molecule has 7 nitrogen and oxygen atoms in total. The quantitative estimate of drug-likeness (QED) is 0.563. The molecule has 30 heavy (non-hydrogen) atoms. The number of sulfonamides is 1. The lowest BCUT2D eigenvalue weighted by atomic mass is 10.1. The Bertz CT molecular complexity index is 911. The van der Waals surface area contributed by atoms with E-state index in [1.54, 1.807) is 0 Å². The number of nitrogens with zero attached hydrogens (tertiary/aromatic N) is 1. The van der Waals surface area contributed by atoms with Crippen molar-refractivity contribution in [2.75, 3.05) is 39.9 Å². The predicted molar refractivity (Wildman–Crippen MR) is 116 cm³/mol. The predicted octanol–water partition coefficient (Wildman–Crippen LogP) is 2.18. The first-order chi connectivity index (χ1) is 14.5. The fraction of sp³-hybridized carbons (Fsp3) is 0.409. The standard InChI is InChI=1S/C22H29N3O4S/c1-29-16-13-24-30(27,28)20-11-9-19(10-12-20)22(26)23-17-21(25-14-5-6-15-25)18-7-3-2-4-8-18/h2-4,7-12,21,24H,5-6,13-17H2,1H3,(H,23,26)/t21-/m0/s1. The molecule has 0 spiro atoms. The molecule has 1 aliphatic rings. The summed E-state index contributed by atoms with van der Waals surface area (Å²) in [5.74, 6) is -0.216. The van der Waals surface area contributed by atoms with Crippen LogP contribution in [0.5, 0.6) is 0 Å². The molecule has 0 aliphatic carbocycles. The number of amides is 1. The number of ether oxygens (including phenoxy) is 1. The molecule has 1 heterocycles. The van der Waals surface area contributed by atoms with Crippen molar-refractivity contribution in [2.45, 2.75) is 23.8 Å². The van der Waals surface area contributed by atoms with Crippen molar-refractivity contribution in [3.05, 3.63) is 65.7 Å². The van der Waals surface area contributed by atoms with E-state index in [9.17, 15) is 13.2 Å². The largest absolute Gasteiger partial charge is 0.383 e. The minimum absolute atomic E-state index is 0.120. The zero-order chi connectivity index (χ0) is 21.4. The van der Waals surface area contributed by atoms with Crippen LogP contribution in [0.4, 0.5) is 0 Å². The molecular weight excluding hydrogens is 402 g/mol. The van der Waals surface area contributed by atoms with Crippen LogP contribution in [0.3, 0.4) is 0 Å². The highest BCUT2D eigenvalue weighted by Crippen LogP contribution is 2.24. The fourth-order valence-electron chi connectivity index (χ4n) is 3.62. The van der Waals surface area contributed by atoms with Gasteiger partial charge in [-0.1, -0.05) is 30.3 Å². The molecule has 0 aromatic heterocycles. The first-order valence-corrected chi connectivity index (χ1v) is 11.7. The van der Waals surface area contributed by atoms with E-state index < -0.39 is 10.0 Å². The molecule has 1 atom stereocenters. The maximum Gasteiger partial charge on any atom is 0.251 e. The van der Waals surface area contributed by atoms with E-state index in [0.717, 1.165) is 13.1 Å². The van der Waals surface area contributed by atoms with E-state index in [1.807, 2.05) is 18.2 Å². The van der Waals surface area contributed by atoms with Crippen molar-refractivity contribution in [1.29, 1.82) is 0 Å². The van der Waals surface area contributed by atoms with Crippen LogP contribution in [-0.4, -0.2) is 59.1 Å². The van der Waals surface area contributed by atoms with Gasteiger partial charge in [0, 0.05) is 25.8 Å². The molecule has 8 heteroatoms. The lowest BCUT2D eigenvalue weighted by Crippen LogP contribution is -2.36. The Hall–Kier alpha value is -2.26. The third-order valence-electron chi connectivity index (χ3n) is 5.25. The minimum Gasteiger partial charge on any atom is -0.383 e. The normalized spacial score (nSPS) is 15.8. The second kappa shape index (κ2) is 10.7. The van der Waals surface area contributed by atoms with E-state index >= 15 is 0 Å². The van der Waals surface area contributed by atoms with Gasteiger partial charge >= 0.3 is 0 Å². The summed E-state index contributed by atoms with van der Waals surface area (Å²) in [6.07, 6.45) is 2.34. The fourth-order valence-corrected chi connectivity index (χ4v) is 4.64. The third kappa shape index (κ3) is 5.89. The number of hydrogen-bond donors (Lipinski definition) is 2. The molecule has 0 bridgehead atoms. The van der Waals surface area contributed by atoms with Crippen molar-refractivity contribution in [1.82, 2.24) is 14.9 Å². The van der Waals surface area contributed by atoms with Crippen LogP contribution in [0.25, 0.3) is 0 Å². The van der Waals surface area contributed by atoms with Crippen molar-refractivity contribution in [3.63, 3.8) is 0 Å². The summed E-state index contributed by atoms with van der Waals surface area (Å²) in [6.45, 7) is 3.04. The average Bonchev–Trinajstić information content (AvgIpc) is 3.29. The topological polar surface area (TPSA) is 87.7 Å². The van der Waals surface area contributed by atoms with Crippen LogP contribution < -0.4 is 10.0 Å². The lowest BCUT2D eigenvalue weighted by Gasteiger charge is -2.28. The summed E-state index contributed by atoms with van der Waals surface area (Å²) < 4.78 is 31.8. The summed E-state index contributed by atoms with van der Waals surface area (Å²) in [4.78, 5) is 15.2. The number of likely N-dealkylation sites (tertiary alicyclic amines) is 1. The smallest absolute Gasteiger partial charge is 0.251 e.